The fourth-order valence-electron chi connectivity index (χ4n) is 4.89. The first-order valence-electron chi connectivity index (χ1n) is 11.8. The number of rotatable bonds is 8. The molecule has 0 amide bonds. The maximum Gasteiger partial charge on any atom is 0.337 e. The van der Waals surface area contributed by atoms with Crippen molar-refractivity contribution in [3.05, 3.63) is 82.9 Å². The van der Waals surface area contributed by atoms with Crippen molar-refractivity contribution >= 4 is 23.3 Å². The molecule has 1 N–H and O–H groups in total. The Hall–Kier alpha value is -3.23. The van der Waals surface area contributed by atoms with Gasteiger partial charge >= 0.3 is 5.97 Å². The van der Waals surface area contributed by atoms with E-state index >= 15 is 0 Å². The predicted molar refractivity (Wildman–Crippen MR) is 142 cm³/mol. The number of thiocarbonyl (C=S) groups is 1. The van der Waals surface area contributed by atoms with Gasteiger partial charge in [0.1, 0.15) is 0 Å². The predicted octanol–water partition coefficient (Wildman–Crippen LogP) is 4.20. The number of nitrogens with one attached hydrogen (secondary N) is 1. The molecular formula is C27H33N5O2S. The number of hydrogen-bond donors (Lipinski definition) is 1. The molecule has 7 nitrogen and oxygen atoms in total. The molecule has 1 fully saturated rings. The van der Waals surface area contributed by atoms with Crippen LogP contribution in [0.1, 0.15) is 51.5 Å². The van der Waals surface area contributed by atoms with E-state index in [0.29, 0.717) is 5.56 Å². The monoisotopic (exact) mass is 491 g/mol. The molecule has 1 aromatic carbocycles. The minimum atomic E-state index is -0.338. The number of pyridine rings is 1. The summed E-state index contributed by atoms with van der Waals surface area (Å²) in [5.41, 5.74) is 5.99. The standard InChI is InChI=1S/C27H33N5O2S/c1-18-17-22(19(2)32(18)21-12-10-20(11-13-21)26(33)34-5)25-24(23-9-6-7-14-28-23)29-27(35)31(25)16-8-15-30(3)4/h6-7,9-14,17,24-25H,8,15-16H2,1-5H3,(H,29,35)/t24-,25+/m0/s1. The van der Waals surface area contributed by atoms with Gasteiger partial charge in [0, 0.05) is 29.8 Å². The van der Waals surface area contributed by atoms with Gasteiger partial charge in [0.25, 0.3) is 0 Å². The van der Waals surface area contributed by atoms with E-state index in [-0.39, 0.29) is 18.1 Å². The zero-order valence-corrected chi connectivity index (χ0v) is 21.8. The van der Waals surface area contributed by atoms with Crippen LogP contribution in [0.25, 0.3) is 5.69 Å². The highest BCUT2D eigenvalue weighted by atomic mass is 32.1. The van der Waals surface area contributed by atoms with Crippen molar-refractivity contribution in [2.45, 2.75) is 32.4 Å². The maximum atomic E-state index is 11.9. The Kier molecular flexibility index (Phi) is 7.52. The van der Waals surface area contributed by atoms with Gasteiger partial charge in [0.05, 0.1) is 30.5 Å². The van der Waals surface area contributed by atoms with E-state index in [0.717, 1.165) is 47.4 Å². The van der Waals surface area contributed by atoms with Crippen molar-refractivity contribution in [1.29, 1.82) is 0 Å². The molecule has 1 aliphatic rings. The summed E-state index contributed by atoms with van der Waals surface area (Å²) in [6, 6.07) is 15.8. The molecule has 0 saturated carbocycles. The van der Waals surface area contributed by atoms with Crippen molar-refractivity contribution in [2.75, 3.05) is 34.3 Å². The molecule has 1 aliphatic heterocycles. The molecule has 1 saturated heterocycles. The summed E-state index contributed by atoms with van der Waals surface area (Å²) in [6.45, 7) is 6.10. The molecular weight excluding hydrogens is 458 g/mol. The van der Waals surface area contributed by atoms with Crippen molar-refractivity contribution in [2.24, 2.45) is 0 Å². The van der Waals surface area contributed by atoms with Gasteiger partial charge in [-0.15, -0.1) is 0 Å². The molecule has 184 valence electrons. The lowest BCUT2D eigenvalue weighted by Crippen LogP contribution is -2.32. The third-order valence-corrected chi connectivity index (χ3v) is 6.89. The van der Waals surface area contributed by atoms with Crippen LogP contribution in [0.3, 0.4) is 0 Å². The van der Waals surface area contributed by atoms with Gasteiger partial charge < -0.3 is 24.4 Å². The fourth-order valence-corrected chi connectivity index (χ4v) is 5.22. The molecule has 3 aromatic rings. The molecule has 0 unspecified atom stereocenters. The van der Waals surface area contributed by atoms with Gasteiger partial charge in [-0.2, -0.15) is 0 Å². The van der Waals surface area contributed by atoms with Crippen LogP contribution in [-0.2, 0) is 4.74 Å². The number of aromatic nitrogens is 2. The Balaban J connectivity index is 1.74. The average Bonchev–Trinajstić information content (AvgIpc) is 3.33. The van der Waals surface area contributed by atoms with Crippen molar-refractivity contribution < 1.29 is 9.53 Å². The Morgan fingerprint density at radius 1 is 1.17 bits per heavy atom. The zero-order valence-electron chi connectivity index (χ0n) is 21.0. The zero-order chi connectivity index (χ0) is 25.1. The van der Waals surface area contributed by atoms with Crippen LogP contribution in [0.2, 0.25) is 0 Å². The second-order valence-electron chi connectivity index (χ2n) is 9.18. The lowest BCUT2D eigenvalue weighted by Gasteiger charge is -2.28. The normalized spacial score (nSPS) is 17.7. The lowest BCUT2D eigenvalue weighted by molar-refractivity contribution is 0.0600. The third-order valence-electron chi connectivity index (χ3n) is 6.54. The number of hydrogen-bond acceptors (Lipinski definition) is 5. The van der Waals surface area contributed by atoms with Gasteiger partial charge in [0.2, 0.25) is 0 Å². The SMILES string of the molecule is COC(=O)c1ccc(-n2c(C)cc([C@@H]3[C@H](c4ccccn4)NC(=S)N3CCCN(C)C)c2C)cc1. The Labute approximate surface area is 212 Å². The van der Waals surface area contributed by atoms with Crippen LogP contribution in [0.5, 0.6) is 0 Å². The van der Waals surface area contributed by atoms with E-state index in [4.69, 9.17) is 17.0 Å². The minimum Gasteiger partial charge on any atom is -0.465 e. The summed E-state index contributed by atoms with van der Waals surface area (Å²) >= 11 is 5.82. The average molecular weight is 492 g/mol. The number of nitrogens with zero attached hydrogens (tertiary/aromatic N) is 4. The molecule has 0 radical (unpaired) electrons. The number of methoxy groups -OCH3 is 1. The number of aryl methyl sites for hydroxylation is 1. The third kappa shape index (κ3) is 5.09. The quantitative estimate of drug-likeness (QED) is 0.374. The van der Waals surface area contributed by atoms with Crippen LogP contribution < -0.4 is 5.32 Å². The number of carbonyl (C=O) groups excluding carboxylic acids is 1. The number of esters is 1. The highest BCUT2D eigenvalue weighted by Crippen LogP contribution is 2.41. The van der Waals surface area contributed by atoms with Crippen molar-refractivity contribution in [1.82, 2.24) is 24.7 Å². The first-order chi connectivity index (χ1) is 16.8. The number of ether oxygens (including phenoxy) is 1. The van der Waals surface area contributed by atoms with Gasteiger partial charge in [-0.1, -0.05) is 6.07 Å². The second-order valence-corrected chi connectivity index (χ2v) is 9.56. The highest BCUT2D eigenvalue weighted by molar-refractivity contribution is 7.80. The van der Waals surface area contributed by atoms with Gasteiger partial charge in [-0.25, -0.2) is 4.79 Å². The molecule has 0 bridgehead atoms. The van der Waals surface area contributed by atoms with Crippen LogP contribution in [-0.4, -0.2) is 64.7 Å². The van der Waals surface area contributed by atoms with Gasteiger partial charge in [-0.3, -0.25) is 4.98 Å². The minimum absolute atomic E-state index is 0.0221. The molecule has 2 atom stereocenters. The van der Waals surface area contributed by atoms with E-state index in [1.165, 1.54) is 12.7 Å². The molecule has 0 spiro atoms. The Bertz CT molecular complexity index is 1190. The topological polar surface area (TPSA) is 62.6 Å². The summed E-state index contributed by atoms with van der Waals surface area (Å²) in [4.78, 5) is 21.0. The van der Waals surface area contributed by atoms with Gasteiger partial charge in [-0.05, 0) is 101 Å². The summed E-state index contributed by atoms with van der Waals surface area (Å²) in [7, 11) is 5.58. The van der Waals surface area contributed by atoms with Crippen LogP contribution in [0.4, 0.5) is 0 Å². The first kappa shape index (κ1) is 24.9. The summed E-state index contributed by atoms with van der Waals surface area (Å²) in [5, 5.41) is 4.31. The van der Waals surface area contributed by atoms with Gasteiger partial charge in [0.15, 0.2) is 5.11 Å². The molecule has 8 heteroatoms. The molecule has 4 rings (SSSR count). The molecule has 2 aromatic heterocycles. The van der Waals surface area contributed by atoms with Crippen molar-refractivity contribution in [3.63, 3.8) is 0 Å². The van der Waals surface area contributed by atoms with Crippen molar-refractivity contribution in [3.8, 4) is 5.69 Å². The second kappa shape index (κ2) is 10.6. The fraction of sp³-hybridized carbons (Fsp3) is 0.370. The number of benzene rings is 1. The molecule has 3 heterocycles. The van der Waals surface area contributed by atoms with E-state index in [9.17, 15) is 4.79 Å². The summed E-state index contributed by atoms with van der Waals surface area (Å²) in [6.07, 6.45) is 2.84. The first-order valence-corrected chi connectivity index (χ1v) is 12.2. The smallest absolute Gasteiger partial charge is 0.337 e. The summed E-state index contributed by atoms with van der Waals surface area (Å²) < 4.78 is 7.07. The maximum absolute atomic E-state index is 11.9. The lowest BCUT2D eigenvalue weighted by atomic mass is 9.96. The molecule has 0 aliphatic carbocycles. The van der Waals surface area contributed by atoms with Crippen LogP contribution in [0.15, 0.2) is 54.7 Å². The summed E-state index contributed by atoms with van der Waals surface area (Å²) in [5.74, 6) is -0.338. The Morgan fingerprint density at radius 3 is 2.54 bits per heavy atom. The van der Waals surface area contributed by atoms with Crippen LogP contribution in [0, 0.1) is 13.8 Å². The number of carbonyl (C=O) groups is 1. The largest absolute Gasteiger partial charge is 0.465 e. The van der Waals surface area contributed by atoms with E-state index in [1.54, 1.807) is 12.1 Å². The highest BCUT2D eigenvalue weighted by Gasteiger charge is 2.41. The van der Waals surface area contributed by atoms with E-state index < -0.39 is 0 Å². The molecule has 35 heavy (non-hydrogen) atoms. The van der Waals surface area contributed by atoms with E-state index in [1.807, 2.05) is 30.5 Å². The van der Waals surface area contributed by atoms with Crippen LogP contribution >= 0.6 is 12.2 Å². The Morgan fingerprint density at radius 2 is 1.91 bits per heavy atom. The van der Waals surface area contributed by atoms with E-state index in [2.05, 4.69) is 64.7 Å².